The number of hydrogen-bond acceptors (Lipinski definition) is 1. The molecule has 16 heavy (non-hydrogen) atoms. The second-order valence-electron chi connectivity index (χ2n) is 4.34. The van der Waals surface area contributed by atoms with Crippen LogP contribution in [0.5, 0.6) is 0 Å². The van der Waals surface area contributed by atoms with E-state index >= 15 is 0 Å². The van der Waals surface area contributed by atoms with Crippen molar-refractivity contribution in [1.29, 1.82) is 0 Å². The van der Waals surface area contributed by atoms with Crippen molar-refractivity contribution in [2.45, 2.75) is 33.1 Å². The Bertz CT molecular complexity index is 374. The zero-order valence-corrected chi connectivity index (χ0v) is 11.2. The summed E-state index contributed by atoms with van der Waals surface area (Å²) < 4.78 is 13.6. The van der Waals surface area contributed by atoms with E-state index in [2.05, 4.69) is 29.8 Å². The van der Waals surface area contributed by atoms with Gasteiger partial charge in [-0.25, -0.2) is 4.39 Å². The van der Waals surface area contributed by atoms with Crippen LogP contribution in [0.1, 0.15) is 43.5 Å². The number of carbonyl (C=O) groups is 1. The Balaban J connectivity index is 2.56. The maximum absolute atomic E-state index is 13.2. The van der Waals surface area contributed by atoms with Crippen LogP contribution in [0.15, 0.2) is 22.7 Å². The fourth-order valence-electron chi connectivity index (χ4n) is 1.48. The van der Waals surface area contributed by atoms with Gasteiger partial charge in [-0.15, -0.1) is 0 Å². The van der Waals surface area contributed by atoms with E-state index in [1.807, 2.05) is 0 Å². The summed E-state index contributed by atoms with van der Waals surface area (Å²) in [4.78, 5) is 11.7. The van der Waals surface area contributed by atoms with E-state index in [1.54, 1.807) is 12.1 Å². The van der Waals surface area contributed by atoms with Crippen molar-refractivity contribution in [2.75, 3.05) is 0 Å². The van der Waals surface area contributed by atoms with E-state index in [-0.39, 0.29) is 11.6 Å². The third kappa shape index (κ3) is 4.05. The van der Waals surface area contributed by atoms with Crippen molar-refractivity contribution in [3.63, 3.8) is 0 Å². The first kappa shape index (κ1) is 13.4. The van der Waals surface area contributed by atoms with Gasteiger partial charge in [-0.05, 0) is 40.4 Å². The Labute approximate surface area is 104 Å². The fourth-order valence-corrected chi connectivity index (χ4v) is 1.73. The topological polar surface area (TPSA) is 17.1 Å². The van der Waals surface area contributed by atoms with Gasteiger partial charge in [0.15, 0.2) is 5.78 Å². The van der Waals surface area contributed by atoms with Gasteiger partial charge in [0.25, 0.3) is 0 Å². The molecule has 88 valence electrons. The lowest BCUT2D eigenvalue weighted by atomic mass is 10.0. The summed E-state index contributed by atoms with van der Waals surface area (Å²) in [5.41, 5.74) is 0.462. The molecule has 0 aliphatic heterocycles. The molecule has 0 amide bonds. The van der Waals surface area contributed by atoms with Gasteiger partial charge in [-0.1, -0.05) is 26.3 Å². The molecule has 1 aromatic rings. The van der Waals surface area contributed by atoms with Gasteiger partial charge >= 0.3 is 0 Å². The Morgan fingerprint density at radius 3 is 2.69 bits per heavy atom. The first-order chi connectivity index (χ1) is 7.50. The Morgan fingerprint density at radius 2 is 2.12 bits per heavy atom. The second kappa shape index (κ2) is 6.14. The smallest absolute Gasteiger partial charge is 0.162 e. The second-order valence-corrected chi connectivity index (χ2v) is 5.19. The molecule has 0 heterocycles. The molecule has 0 atom stereocenters. The number of carbonyl (C=O) groups excluding carboxylic acids is 1. The maximum Gasteiger partial charge on any atom is 0.162 e. The van der Waals surface area contributed by atoms with Crippen LogP contribution >= 0.6 is 15.9 Å². The van der Waals surface area contributed by atoms with Gasteiger partial charge in [-0.3, -0.25) is 4.79 Å². The summed E-state index contributed by atoms with van der Waals surface area (Å²) >= 11 is 3.06. The van der Waals surface area contributed by atoms with Crippen molar-refractivity contribution < 1.29 is 9.18 Å². The minimum Gasteiger partial charge on any atom is -0.294 e. The molecule has 0 saturated carbocycles. The third-order valence-corrected chi connectivity index (χ3v) is 3.07. The predicted octanol–water partition coefficient (Wildman–Crippen LogP) is 4.60. The van der Waals surface area contributed by atoms with Crippen molar-refractivity contribution in [3.05, 3.63) is 34.1 Å². The highest BCUT2D eigenvalue weighted by atomic mass is 79.9. The molecule has 1 aromatic carbocycles. The molecule has 0 unspecified atom stereocenters. The quantitative estimate of drug-likeness (QED) is 0.723. The summed E-state index contributed by atoms with van der Waals surface area (Å²) in [6.45, 7) is 4.26. The molecule has 0 aliphatic carbocycles. The fraction of sp³-hybridized carbons (Fsp3) is 0.462. The monoisotopic (exact) mass is 286 g/mol. The SMILES string of the molecule is CC(C)CCCC(=O)c1ccc(Br)c(F)c1. The number of rotatable bonds is 5. The lowest BCUT2D eigenvalue weighted by molar-refractivity contribution is 0.0978. The lowest BCUT2D eigenvalue weighted by Gasteiger charge is -2.04. The van der Waals surface area contributed by atoms with Gasteiger partial charge in [0.05, 0.1) is 4.47 Å². The Hall–Kier alpha value is -0.700. The lowest BCUT2D eigenvalue weighted by Crippen LogP contribution is -2.00. The summed E-state index contributed by atoms with van der Waals surface area (Å²) in [6, 6.07) is 4.53. The average Bonchev–Trinajstić information content (AvgIpc) is 2.21. The molecule has 0 spiro atoms. The molecule has 0 N–H and O–H groups in total. The molecule has 3 heteroatoms. The summed E-state index contributed by atoms with van der Waals surface area (Å²) in [5, 5.41) is 0. The molecular weight excluding hydrogens is 271 g/mol. The normalized spacial score (nSPS) is 10.8. The van der Waals surface area contributed by atoms with E-state index in [9.17, 15) is 9.18 Å². The zero-order valence-electron chi connectivity index (χ0n) is 9.59. The van der Waals surface area contributed by atoms with Crippen LogP contribution in [-0.4, -0.2) is 5.78 Å². The first-order valence-corrected chi connectivity index (χ1v) is 6.28. The van der Waals surface area contributed by atoms with Crippen molar-refractivity contribution in [2.24, 2.45) is 5.92 Å². The zero-order chi connectivity index (χ0) is 12.1. The van der Waals surface area contributed by atoms with Gasteiger partial charge in [0.1, 0.15) is 5.82 Å². The molecule has 0 radical (unpaired) electrons. The van der Waals surface area contributed by atoms with Crippen LogP contribution in [-0.2, 0) is 0 Å². The van der Waals surface area contributed by atoms with E-state index < -0.39 is 0 Å². The summed E-state index contributed by atoms with van der Waals surface area (Å²) in [5.74, 6) is 0.246. The van der Waals surface area contributed by atoms with Crippen LogP contribution in [0.4, 0.5) is 4.39 Å². The number of benzene rings is 1. The highest BCUT2D eigenvalue weighted by molar-refractivity contribution is 9.10. The van der Waals surface area contributed by atoms with Gasteiger partial charge in [-0.2, -0.15) is 0 Å². The van der Waals surface area contributed by atoms with E-state index in [0.29, 0.717) is 22.4 Å². The molecule has 1 nitrogen and oxygen atoms in total. The molecule has 0 saturated heterocycles. The number of ketones is 1. The minimum absolute atomic E-state index is 0.0204. The van der Waals surface area contributed by atoms with Gasteiger partial charge in [0, 0.05) is 12.0 Å². The summed E-state index contributed by atoms with van der Waals surface area (Å²) in [6.07, 6.45) is 2.40. The van der Waals surface area contributed by atoms with Crippen LogP contribution in [0.2, 0.25) is 0 Å². The number of halogens is 2. The first-order valence-electron chi connectivity index (χ1n) is 5.49. The van der Waals surface area contributed by atoms with Crippen LogP contribution in [0.3, 0.4) is 0 Å². The van der Waals surface area contributed by atoms with Gasteiger partial charge < -0.3 is 0 Å². The van der Waals surface area contributed by atoms with Crippen LogP contribution < -0.4 is 0 Å². The number of hydrogen-bond donors (Lipinski definition) is 0. The molecule has 0 aromatic heterocycles. The predicted molar refractivity (Wildman–Crippen MR) is 67.1 cm³/mol. The molecule has 0 fully saturated rings. The van der Waals surface area contributed by atoms with E-state index in [4.69, 9.17) is 0 Å². The van der Waals surface area contributed by atoms with Crippen LogP contribution in [0.25, 0.3) is 0 Å². The highest BCUT2D eigenvalue weighted by Gasteiger charge is 2.08. The highest BCUT2D eigenvalue weighted by Crippen LogP contribution is 2.18. The number of Topliss-reactive ketones (excluding diaryl/α,β-unsaturated/α-hetero) is 1. The van der Waals surface area contributed by atoms with Crippen LogP contribution in [0, 0.1) is 11.7 Å². The Kier molecular flexibility index (Phi) is 5.13. The van der Waals surface area contributed by atoms with Gasteiger partial charge in [0.2, 0.25) is 0 Å². The third-order valence-electron chi connectivity index (χ3n) is 2.43. The molecular formula is C13H16BrFO. The average molecular weight is 287 g/mol. The van der Waals surface area contributed by atoms with Crippen molar-refractivity contribution in [1.82, 2.24) is 0 Å². The van der Waals surface area contributed by atoms with E-state index in [1.165, 1.54) is 6.07 Å². The van der Waals surface area contributed by atoms with E-state index in [0.717, 1.165) is 12.8 Å². The Morgan fingerprint density at radius 1 is 1.44 bits per heavy atom. The molecule has 0 aliphatic rings. The van der Waals surface area contributed by atoms with Crippen molar-refractivity contribution in [3.8, 4) is 0 Å². The summed E-state index contributed by atoms with van der Waals surface area (Å²) in [7, 11) is 0. The standard InChI is InChI=1S/C13H16BrFO/c1-9(2)4-3-5-13(16)10-6-7-11(14)12(15)8-10/h6-9H,3-5H2,1-2H3. The maximum atomic E-state index is 13.2. The minimum atomic E-state index is -0.380. The molecule has 0 bridgehead atoms. The molecule has 1 rings (SSSR count). The van der Waals surface area contributed by atoms with Crippen molar-refractivity contribution >= 4 is 21.7 Å². The largest absolute Gasteiger partial charge is 0.294 e.